The Morgan fingerprint density at radius 2 is 2.00 bits per heavy atom. The number of aryl methyl sites for hydroxylation is 1. The number of aromatic nitrogens is 1. The fourth-order valence-electron chi connectivity index (χ4n) is 1.69. The van der Waals surface area contributed by atoms with E-state index in [9.17, 15) is 4.79 Å². The van der Waals surface area contributed by atoms with Crippen molar-refractivity contribution in [3.63, 3.8) is 0 Å². The first kappa shape index (κ1) is 10.3. The summed E-state index contributed by atoms with van der Waals surface area (Å²) in [4.78, 5) is 14.0. The minimum absolute atomic E-state index is 0.311. The summed E-state index contributed by atoms with van der Waals surface area (Å²) in [5.41, 5.74) is 14.1. The molecule has 0 aliphatic heterocycles. The molecule has 0 saturated carbocycles. The van der Waals surface area contributed by atoms with Gasteiger partial charge in [0.2, 0.25) is 0 Å². The van der Waals surface area contributed by atoms with Gasteiger partial charge in [0.15, 0.2) is 0 Å². The smallest absolute Gasteiger partial charge is 0.252 e. The fourth-order valence-corrected chi connectivity index (χ4v) is 1.69. The van der Waals surface area contributed by atoms with Gasteiger partial charge in [0.25, 0.3) is 5.91 Å². The Morgan fingerprint density at radius 1 is 1.31 bits per heavy atom. The van der Waals surface area contributed by atoms with Gasteiger partial charge in [-0.25, -0.2) is 0 Å². The second-order valence-corrected chi connectivity index (χ2v) is 3.69. The molecule has 0 radical (unpaired) electrons. The SMILES string of the molecule is Cc1ccccc1-c1cc(C(N)=O)c(N)[nH]1. The van der Waals surface area contributed by atoms with Crippen LogP contribution in [0, 0.1) is 6.92 Å². The van der Waals surface area contributed by atoms with Crippen molar-refractivity contribution >= 4 is 11.7 Å². The van der Waals surface area contributed by atoms with Crippen molar-refractivity contribution in [2.45, 2.75) is 6.92 Å². The van der Waals surface area contributed by atoms with Crippen molar-refractivity contribution in [2.75, 3.05) is 5.73 Å². The normalized spacial score (nSPS) is 10.3. The van der Waals surface area contributed by atoms with Gasteiger partial charge in [-0.05, 0) is 18.6 Å². The molecule has 0 saturated heterocycles. The van der Waals surface area contributed by atoms with E-state index in [2.05, 4.69) is 4.98 Å². The van der Waals surface area contributed by atoms with Crippen LogP contribution in [0.5, 0.6) is 0 Å². The highest BCUT2D eigenvalue weighted by Gasteiger charge is 2.12. The third-order valence-corrected chi connectivity index (χ3v) is 2.55. The number of rotatable bonds is 2. The maximum Gasteiger partial charge on any atom is 0.252 e. The molecule has 1 aromatic heterocycles. The number of aromatic amines is 1. The summed E-state index contributed by atoms with van der Waals surface area (Å²) in [6, 6.07) is 9.53. The third kappa shape index (κ3) is 1.65. The van der Waals surface area contributed by atoms with E-state index in [1.54, 1.807) is 6.07 Å². The maximum absolute atomic E-state index is 11.1. The summed E-state index contributed by atoms with van der Waals surface area (Å²) in [5.74, 6) is -0.209. The van der Waals surface area contributed by atoms with E-state index in [-0.39, 0.29) is 0 Å². The van der Waals surface area contributed by atoms with Crippen LogP contribution >= 0.6 is 0 Å². The fraction of sp³-hybridized carbons (Fsp3) is 0.0833. The second kappa shape index (κ2) is 3.73. The van der Waals surface area contributed by atoms with E-state index < -0.39 is 5.91 Å². The molecule has 4 heteroatoms. The largest absolute Gasteiger partial charge is 0.385 e. The molecule has 82 valence electrons. The predicted molar refractivity (Wildman–Crippen MR) is 63.9 cm³/mol. The number of nitrogens with one attached hydrogen (secondary N) is 1. The van der Waals surface area contributed by atoms with Gasteiger partial charge in [-0.1, -0.05) is 24.3 Å². The Balaban J connectivity index is 2.54. The van der Waals surface area contributed by atoms with Crippen molar-refractivity contribution in [1.82, 2.24) is 4.98 Å². The number of benzene rings is 1. The van der Waals surface area contributed by atoms with E-state index in [0.717, 1.165) is 16.8 Å². The molecule has 16 heavy (non-hydrogen) atoms. The van der Waals surface area contributed by atoms with Crippen LogP contribution in [-0.4, -0.2) is 10.9 Å². The number of primary amides is 1. The van der Waals surface area contributed by atoms with Crippen molar-refractivity contribution in [1.29, 1.82) is 0 Å². The molecular formula is C12H13N3O. The molecule has 0 unspecified atom stereocenters. The number of hydrogen-bond acceptors (Lipinski definition) is 2. The summed E-state index contributed by atoms with van der Waals surface area (Å²) in [7, 11) is 0. The zero-order valence-corrected chi connectivity index (χ0v) is 8.95. The first-order valence-electron chi connectivity index (χ1n) is 4.94. The average Bonchev–Trinajstić information content (AvgIpc) is 2.61. The van der Waals surface area contributed by atoms with Crippen molar-refractivity contribution in [3.05, 3.63) is 41.5 Å². The molecule has 5 N–H and O–H groups in total. The van der Waals surface area contributed by atoms with Crippen molar-refractivity contribution in [2.24, 2.45) is 5.73 Å². The molecule has 2 aromatic rings. The van der Waals surface area contributed by atoms with Crippen LogP contribution in [0.15, 0.2) is 30.3 Å². The lowest BCUT2D eigenvalue weighted by Crippen LogP contribution is -2.11. The quantitative estimate of drug-likeness (QED) is 0.711. The molecule has 0 bridgehead atoms. The number of amides is 1. The van der Waals surface area contributed by atoms with Gasteiger partial charge in [0.05, 0.1) is 5.56 Å². The minimum Gasteiger partial charge on any atom is -0.385 e. The van der Waals surface area contributed by atoms with Gasteiger partial charge in [-0.3, -0.25) is 4.79 Å². The predicted octanol–water partition coefficient (Wildman–Crippen LogP) is 1.67. The first-order chi connectivity index (χ1) is 7.59. The lowest BCUT2D eigenvalue weighted by molar-refractivity contribution is 0.100. The average molecular weight is 215 g/mol. The third-order valence-electron chi connectivity index (χ3n) is 2.55. The number of anilines is 1. The van der Waals surface area contributed by atoms with Crippen LogP contribution in [0.3, 0.4) is 0 Å². The highest BCUT2D eigenvalue weighted by Crippen LogP contribution is 2.25. The molecule has 4 nitrogen and oxygen atoms in total. The van der Waals surface area contributed by atoms with E-state index in [1.807, 2.05) is 31.2 Å². The van der Waals surface area contributed by atoms with Gasteiger partial charge in [-0.2, -0.15) is 0 Å². The van der Waals surface area contributed by atoms with Gasteiger partial charge in [0.1, 0.15) is 5.82 Å². The minimum atomic E-state index is -0.520. The number of H-pyrrole nitrogens is 1. The molecule has 2 rings (SSSR count). The van der Waals surface area contributed by atoms with Gasteiger partial charge >= 0.3 is 0 Å². The Kier molecular flexibility index (Phi) is 2.40. The van der Waals surface area contributed by atoms with Gasteiger partial charge < -0.3 is 16.5 Å². The standard InChI is InChI=1S/C12H13N3O/c1-7-4-2-3-5-8(7)10-6-9(12(14)16)11(13)15-10/h2-6,15H,13H2,1H3,(H2,14,16). The number of nitrogen functional groups attached to an aromatic ring is 1. The zero-order chi connectivity index (χ0) is 11.7. The summed E-state index contributed by atoms with van der Waals surface area (Å²) in [5, 5.41) is 0. The number of carbonyl (C=O) groups excluding carboxylic acids is 1. The van der Waals surface area contributed by atoms with E-state index in [4.69, 9.17) is 11.5 Å². The van der Waals surface area contributed by atoms with E-state index in [1.165, 1.54) is 0 Å². The molecule has 0 atom stereocenters. The highest BCUT2D eigenvalue weighted by molar-refractivity contribution is 5.99. The number of hydrogen-bond donors (Lipinski definition) is 3. The Hall–Kier alpha value is -2.23. The summed E-state index contributed by atoms with van der Waals surface area (Å²) >= 11 is 0. The molecular weight excluding hydrogens is 202 g/mol. The zero-order valence-electron chi connectivity index (χ0n) is 8.95. The Morgan fingerprint density at radius 3 is 2.56 bits per heavy atom. The number of carbonyl (C=O) groups is 1. The summed E-state index contributed by atoms with van der Waals surface area (Å²) in [6.45, 7) is 2.00. The molecule has 0 aliphatic rings. The second-order valence-electron chi connectivity index (χ2n) is 3.69. The molecule has 1 aromatic carbocycles. The van der Waals surface area contributed by atoms with Gasteiger partial charge in [0, 0.05) is 11.3 Å². The van der Waals surface area contributed by atoms with Crippen LogP contribution in [0.25, 0.3) is 11.3 Å². The Labute approximate surface area is 93.3 Å². The van der Waals surface area contributed by atoms with E-state index >= 15 is 0 Å². The number of nitrogens with two attached hydrogens (primary N) is 2. The van der Waals surface area contributed by atoms with Crippen LogP contribution < -0.4 is 11.5 Å². The molecule has 1 amide bonds. The molecule has 1 heterocycles. The Bertz CT molecular complexity index is 543. The van der Waals surface area contributed by atoms with E-state index in [0.29, 0.717) is 11.4 Å². The molecule has 0 aliphatic carbocycles. The van der Waals surface area contributed by atoms with Crippen LogP contribution in [-0.2, 0) is 0 Å². The lowest BCUT2D eigenvalue weighted by atomic mass is 10.1. The summed E-state index contributed by atoms with van der Waals surface area (Å²) in [6.07, 6.45) is 0. The molecule has 0 spiro atoms. The van der Waals surface area contributed by atoms with Gasteiger partial charge in [-0.15, -0.1) is 0 Å². The molecule has 0 fully saturated rings. The monoisotopic (exact) mass is 215 g/mol. The van der Waals surface area contributed by atoms with Crippen LogP contribution in [0.1, 0.15) is 15.9 Å². The topological polar surface area (TPSA) is 84.9 Å². The highest BCUT2D eigenvalue weighted by atomic mass is 16.1. The van der Waals surface area contributed by atoms with Crippen LogP contribution in [0.4, 0.5) is 5.82 Å². The van der Waals surface area contributed by atoms with Crippen LogP contribution in [0.2, 0.25) is 0 Å². The first-order valence-corrected chi connectivity index (χ1v) is 4.94. The lowest BCUT2D eigenvalue weighted by Gasteiger charge is -2.01. The summed E-state index contributed by atoms with van der Waals surface area (Å²) < 4.78 is 0. The maximum atomic E-state index is 11.1. The van der Waals surface area contributed by atoms with Crippen molar-refractivity contribution in [3.8, 4) is 11.3 Å². The van der Waals surface area contributed by atoms with Crippen molar-refractivity contribution < 1.29 is 4.79 Å².